The van der Waals surface area contributed by atoms with Crippen LogP contribution in [0.2, 0.25) is 0 Å². The molecule has 3 aromatic carbocycles. The first-order valence-electron chi connectivity index (χ1n) is 10.1. The molecule has 0 spiro atoms. The Balaban J connectivity index is 1.55. The summed E-state index contributed by atoms with van der Waals surface area (Å²) in [6.07, 6.45) is 0. The van der Waals surface area contributed by atoms with Gasteiger partial charge in [-0.05, 0) is 11.6 Å². The molecule has 0 atom stereocenters. The van der Waals surface area contributed by atoms with Crippen molar-refractivity contribution in [1.82, 2.24) is 0 Å². The van der Waals surface area contributed by atoms with E-state index in [2.05, 4.69) is 5.32 Å². The Labute approximate surface area is 192 Å². The van der Waals surface area contributed by atoms with E-state index in [4.69, 9.17) is 23.7 Å². The fourth-order valence-corrected chi connectivity index (χ4v) is 3.12. The molecule has 0 aliphatic carbocycles. The van der Waals surface area contributed by atoms with Gasteiger partial charge in [-0.25, -0.2) is 4.79 Å². The maximum atomic E-state index is 12.2. The van der Waals surface area contributed by atoms with Crippen molar-refractivity contribution >= 4 is 17.6 Å². The molecule has 172 valence electrons. The number of para-hydroxylation sites is 1. The van der Waals surface area contributed by atoms with Gasteiger partial charge in [0.05, 0.1) is 21.3 Å². The van der Waals surface area contributed by atoms with Crippen LogP contribution < -0.4 is 24.3 Å². The van der Waals surface area contributed by atoms with Crippen molar-refractivity contribution in [1.29, 1.82) is 0 Å². The van der Waals surface area contributed by atoms with Crippen LogP contribution in [-0.4, -0.2) is 46.4 Å². The van der Waals surface area contributed by atoms with Gasteiger partial charge in [0.15, 0.2) is 24.7 Å². The minimum atomic E-state index is -0.669. The number of carbonyl (C=O) groups excluding carboxylic acids is 2. The van der Waals surface area contributed by atoms with Crippen molar-refractivity contribution in [2.75, 3.05) is 39.9 Å². The molecule has 0 saturated carbocycles. The number of rotatable bonds is 10. The number of ether oxygens (including phenoxy) is 5. The van der Waals surface area contributed by atoms with Crippen molar-refractivity contribution in [3.63, 3.8) is 0 Å². The summed E-state index contributed by atoms with van der Waals surface area (Å²) in [5.74, 6) is 0.518. The van der Waals surface area contributed by atoms with Crippen LogP contribution in [0.25, 0.3) is 11.1 Å². The van der Waals surface area contributed by atoms with E-state index in [-0.39, 0.29) is 6.61 Å². The van der Waals surface area contributed by atoms with Crippen LogP contribution in [0.5, 0.6) is 23.0 Å². The quantitative estimate of drug-likeness (QED) is 0.467. The predicted molar refractivity (Wildman–Crippen MR) is 123 cm³/mol. The number of esters is 1. The molecule has 0 unspecified atom stereocenters. The average molecular weight is 451 g/mol. The molecule has 33 heavy (non-hydrogen) atoms. The second-order valence-corrected chi connectivity index (χ2v) is 6.77. The largest absolute Gasteiger partial charge is 0.493 e. The van der Waals surface area contributed by atoms with Gasteiger partial charge < -0.3 is 29.0 Å². The van der Waals surface area contributed by atoms with Crippen LogP contribution in [0.3, 0.4) is 0 Å². The molecule has 8 heteroatoms. The van der Waals surface area contributed by atoms with Gasteiger partial charge in [-0.3, -0.25) is 4.79 Å². The highest BCUT2D eigenvalue weighted by atomic mass is 16.6. The summed E-state index contributed by atoms with van der Waals surface area (Å²) in [5.41, 5.74) is 2.22. The molecule has 0 bridgehead atoms. The smallest absolute Gasteiger partial charge is 0.344 e. The maximum Gasteiger partial charge on any atom is 0.344 e. The lowest BCUT2D eigenvalue weighted by molar-refractivity contribution is -0.149. The second-order valence-electron chi connectivity index (χ2n) is 6.77. The molecule has 0 fully saturated rings. The van der Waals surface area contributed by atoms with Crippen molar-refractivity contribution < 1.29 is 33.3 Å². The Morgan fingerprint density at radius 2 is 1.39 bits per heavy atom. The number of amides is 1. The van der Waals surface area contributed by atoms with Crippen molar-refractivity contribution in [3.8, 4) is 34.1 Å². The summed E-state index contributed by atoms with van der Waals surface area (Å²) in [7, 11) is 4.43. The molecular weight excluding hydrogens is 426 g/mol. The number of carbonyl (C=O) groups is 2. The van der Waals surface area contributed by atoms with E-state index in [0.29, 0.717) is 28.7 Å². The lowest BCUT2D eigenvalue weighted by Gasteiger charge is -2.14. The van der Waals surface area contributed by atoms with Crippen LogP contribution in [0, 0.1) is 0 Å². The molecule has 0 aromatic heterocycles. The predicted octanol–water partition coefficient (Wildman–Crippen LogP) is 3.94. The Morgan fingerprint density at radius 1 is 0.758 bits per heavy atom. The molecular formula is C25H25NO7. The summed E-state index contributed by atoms with van der Waals surface area (Å²) in [6, 6.07) is 20.2. The third-order valence-electron chi connectivity index (χ3n) is 4.63. The van der Waals surface area contributed by atoms with Crippen LogP contribution in [-0.2, 0) is 14.3 Å². The van der Waals surface area contributed by atoms with Gasteiger partial charge in [-0.15, -0.1) is 0 Å². The maximum absolute atomic E-state index is 12.2. The van der Waals surface area contributed by atoms with Crippen molar-refractivity contribution in [2.45, 2.75) is 0 Å². The molecule has 0 radical (unpaired) electrons. The number of hydrogen-bond donors (Lipinski definition) is 1. The highest BCUT2D eigenvalue weighted by Gasteiger charge is 2.16. The number of hydrogen-bond acceptors (Lipinski definition) is 7. The summed E-state index contributed by atoms with van der Waals surface area (Å²) in [6.45, 7) is -0.805. The van der Waals surface area contributed by atoms with E-state index in [1.165, 1.54) is 21.3 Å². The van der Waals surface area contributed by atoms with Crippen LogP contribution in [0.4, 0.5) is 5.69 Å². The molecule has 1 N–H and O–H groups in total. The van der Waals surface area contributed by atoms with Gasteiger partial charge in [0.2, 0.25) is 5.75 Å². The van der Waals surface area contributed by atoms with E-state index < -0.39 is 18.5 Å². The van der Waals surface area contributed by atoms with Gasteiger partial charge in [0.25, 0.3) is 5.91 Å². The van der Waals surface area contributed by atoms with Gasteiger partial charge in [0.1, 0.15) is 5.75 Å². The van der Waals surface area contributed by atoms with E-state index in [1.807, 2.05) is 48.5 Å². The minimum absolute atomic E-state index is 0.332. The highest BCUT2D eigenvalue weighted by molar-refractivity contribution is 5.93. The summed E-state index contributed by atoms with van der Waals surface area (Å²) in [5, 5.41) is 2.63. The fraction of sp³-hybridized carbons (Fsp3) is 0.200. The van der Waals surface area contributed by atoms with Gasteiger partial charge in [-0.1, -0.05) is 48.5 Å². The van der Waals surface area contributed by atoms with Gasteiger partial charge >= 0.3 is 5.97 Å². The summed E-state index contributed by atoms with van der Waals surface area (Å²) >= 11 is 0. The Morgan fingerprint density at radius 3 is 2.03 bits per heavy atom. The fourth-order valence-electron chi connectivity index (χ4n) is 3.12. The normalized spacial score (nSPS) is 10.2. The van der Waals surface area contributed by atoms with Gasteiger partial charge in [0, 0.05) is 23.4 Å². The molecule has 1 amide bonds. The number of anilines is 1. The molecule has 0 heterocycles. The zero-order chi connectivity index (χ0) is 23.6. The Bertz CT molecular complexity index is 1070. The lowest BCUT2D eigenvalue weighted by atomic mass is 10.1. The third kappa shape index (κ3) is 6.16. The first-order valence-corrected chi connectivity index (χ1v) is 10.1. The Hall–Kier alpha value is -4.20. The zero-order valence-corrected chi connectivity index (χ0v) is 18.6. The standard InChI is InChI=1S/C25H25NO7/c1-29-21-13-18(14-22(30-2)25(21)31-3)26-23(27)15-33-24(28)16-32-20-12-8-7-11-19(20)17-9-5-4-6-10-17/h4-14H,15-16H2,1-3H3,(H,26,27). The van der Waals surface area contributed by atoms with E-state index in [1.54, 1.807) is 18.2 Å². The Kier molecular flexibility index (Phi) is 8.13. The molecule has 3 rings (SSSR count). The third-order valence-corrected chi connectivity index (χ3v) is 4.63. The average Bonchev–Trinajstić information content (AvgIpc) is 2.86. The molecule has 0 aliphatic rings. The zero-order valence-electron chi connectivity index (χ0n) is 18.6. The number of benzene rings is 3. The highest BCUT2D eigenvalue weighted by Crippen LogP contribution is 2.39. The SMILES string of the molecule is COc1cc(NC(=O)COC(=O)COc2ccccc2-c2ccccc2)cc(OC)c1OC. The van der Waals surface area contributed by atoms with E-state index >= 15 is 0 Å². The minimum Gasteiger partial charge on any atom is -0.493 e. The topological polar surface area (TPSA) is 92.3 Å². The van der Waals surface area contributed by atoms with E-state index in [0.717, 1.165) is 11.1 Å². The molecule has 3 aromatic rings. The van der Waals surface area contributed by atoms with Crippen molar-refractivity contribution in [3.05, 3.63) is 66.7 Å². The van der Waals surface area contributed by atoms with E-state index in [9.17, 15) is 9.59 Å². The van der Waals surface area contributed by atoms with Crippen molar-refractivity contribution in [2.24, 2.45) is 0 Å². The summed E-state index contributed by atoms with van der Waals surface area (Å²) < 4.78 is 26.4. The first-order chi connectivity index (χ1) is 16.0. The number of nitrogens with one attached hydrogen (secondary N) is 1. The molecule has 0 saturated heterocycles. The summed E-state index contributed by atoms with van der Waals surface area (Å²) in [4.78, 5) is 24.4. The monoisotopic (exact) mass is 451 g/mol. The lowest BCUT2D eigenvalue weighted by Crippen LogP contribution is -2.23. The van der Waals surface area contributed by atoms with Crippen LogP contribution in [0.1, 0.15) is 0 Å². The first kappa shape index (κ1) is 23.5. The molecule has 8 nitrogen and oxygen atoms in total. The number of methoxy groups -OCH3 is 3. The molecule has 0 aliphatic heterocycles. The second kappa shape index (κ2) is 11.4. The van der Waals surface area contributed by atoms with Crippen LogP contribution in [0.15, 0.2) is 66.7 Å². The van der Waals surface area contributed by atoms with Gasteiger partial charge in [-0.2, -0.15) is 0 Å². The van der Waals surface area contributed by atoms with Crippen LogP contribution >= 0.6 is 0 Å².